The summed E-state index contributed by atoms with van der Waals surface area (Å²) in [4.78, 5) is 60.7. The molecule has 4 heterocycles. The Labute approximate surface area is 315 Å². The first kappa shape index (κ1) is 38.0. The van der Waals surface area contributed by atoms with E-state index in [0.29, 0.717) is 80.5 Å². The van der Waals surface area contributed by atoms with Crippen molar-refractivity contribution in [3.05, 3.63) is 52.0 Å². The van der Waals surface area contributed by atoms with E-state index in [0.717, 1.165) is 62.0 Å². The van der Waals surface area contributed by atoms with Crippen molar-refractivity contribution < 1.29 is 33.8 Å². The second-order valence-electron chi connectivity index (χ2n) is 14.6. The Morgan fingerprint density at radius 3 is 2.31 bits per heavy atom. The van der Waals surface area contributed by atoms with Gasteiger partial charge < -0.3 is 39.5 Å². The Morgan fingerprint density at radius 2 is 1.62 bits per heavy atom. The maximum atomic E-state index is 14.1. The second kappa shape index (κ2) is 17.4. The van der Waals surface area contributed by atoms with Crippen molar-refractivity contribution in [3.8, 4) is 5.75 Å². The maximum absolute atomic E-state index is 14.1. The first-order valence-corrected chi connectivity index (χ1v) is 19.7. The Kier molecular flexibility index (Phi) is 12.7. The lowest BCUT2D eigenvalue weighted by atomic mass is 9.90. The summed E-state index contributed by atoms with van der Waals surface area (Å²) < 4.78 is 11.7. The summed E-state index contributed by atoms with van der Waals surface area (Å²) >= 11 is 3.42. The number of nitrogens with one attached hydrogen (secondary N) is 1. The Bertz CT molecular complexity index is 1580. The minimum absolute atomic E-state index is 0.00207. The van der Waals surface area contributed by atoms with Crippen LogP contribution in [0.25, 0.3) is 0 Å². The van der Waals surface area contributed by atoms with Crippen LogP contribution in [0, 0.1) is 5.92 Å². The van der Waals surface area contributed by atoms with E-state index >= 15 is 0 Å². The van der Waals surface area contributed by atoms with E-state index < -0.39 is 12.2 Å². The topological polar surface area (TPSA) is 132 Å². The van der Waals surface area contributed by atoms with Crippen molar-refractivity contribution in [3.63, 3.8) is 0 Å². The number of hydrogen-bond acceptors (Lipinski definition) is 8. The number of piperidine rings is 3. The second-order valence-corrected chi connectivity index (χ2v) is 15.5. The van der Waals surface area contributed by atoms with Gasteiger partial charge in [0.25, 0.3) is 5.91 Å². The zero-order valence-corrected chi connectivity index (χ0v) is 31.9. The standard InChI is InChI=1S/C38H51BBrN5O7/c1-2-51-34(46)24-25-7-14-42(15-8-25)28-10-16-43(17-11-28)36(48)33(23-26-21-30(39)35(47)31(40)22-26)52-38(50)44-18-12-29(13-19-44)45-20-9-27-5-3-4-6-32(27)41-37(45)49/h3-6,21-22,25,28-29,33,47H,2,7-20,23-24,39H2,1H3,(H,41,49)/t33-/m1/s1. The summed E-state index contributed by atoms with van der Waals surface area (Å²) in [6, 6.07) is 11.7. The fourth-order valence-corrected chi connectivity index (χ4v) is 8.85. The maximum Gasteiger partial charge on any atom is 0.410 e. The number of ether oxygens (including phenoxy) is 2. The highest BCUT2D eigenvalue weighted by atomic mass is 79.9. The monoisotopic (exact) mass is 779 g/mol. The molecule has 0 bridgehead atoms. The number of halogens is 1. The summed E-state index contributed by atoms with van der Waals surface area (Å²) in [6.45, 7) is 6.73. The number of rotatable bonds is 9. The molecule has 3 saturated heterocycles. The van der Waals surface area contributed by atoms with E-state index in [1.165, 1.54) is 0 Å². The molecule has 0 saturated carbocycles. The molecule has 2 aromatic rings. The lowest BCUT2D eigenvalue weighted by Crippen LogP contribution is -2.53. The van der Waals surface area contributed by atoms with Crippen LogP contribution in [0.1, 0.15) is 63.0 Å². The van der Waals surface area contributed by atoms with Crippen LogP contribution in [0.15, 0.2) is 40.9 Å². The number of likely N-dealkylation sites (tertiary alicyclic amines) is 3. The molecular weight excluding hydrogens is 729 g/mol. The van der Waals surface area contributed by atoms with E-state index in [-0.39, 0.29) is 36.1 Å². The quantitative estimate of drug-likeness (QED) is 0.292. The molecule has 0 spiro atoms. The molecule has 4 aliphatic heterocycles. The van der Waals surface area contributed by atoms with Gasteiger partial charge in [-0.1, -0.05) is 24.3 Å². The molecule has 6 rings (SSSR count). The van der Waals surface area contributed by atoms with Gasteiger partial charge in [-0.2, -0.15) is 0 Å². The summed E-state index contributed by atoms with van der Waals surface area (Å²) in [6.07, 6.45) is 4.72. The Morgan fingerprint density at radius 1 is 0.942 bits per heavy atom. The number of benzene rings is 2. The highest BCUT2D eigenvalue weighted by Crippen LogP contribution is 2.29. The number of urea groups is 1. The van der Waals surface area contributed by atoms with Crippen LogP contribution in [0.2, 0.25) is 0 Å². The van der Waals surface area contributed by atoms with Gasteiger partial charge in [-0.05, 0) is 116 Å². The molecule has 4 amide bonds. The molecule has 280 valence electrons. The number of aromatic hydroxyl groups is 1. The Hall–Kier alpha value is -3.78. The number of esters is 1. The van der Waals surface area contributed by atoms with Gasteiger partial charge in [-0.15, -0.1) is 0 Å². The summed E-state index contributed by atoms with van der Waals surface area (Å²) in [5.41, 5.74) is 3.40. The van der Waals surface area contributed by atoms with E-state index in [1.54, 1.807) is 18.8 Å². The van der Waals surface area contributed by atoms with Gasteiger partial charge in [0.05, 0.1) is 11.1 Å². The van der Waals surface area contributed by atoms with Crippen molar-refractivity contribution in [2.45, 2.75) is 82.9 Å². The van der Waals surface area contributed by atoms with Gasteiger partial charge in [-0.25, -0.2) is 9.59 Å². The molecule has 52 heavy (non-hydrogen) atoms. The minimum Gasteiger partial charge on any atom is -0.507 e. The summed E-state index contributed by atoms with van der Waals surface area (Å²) in [7, 11) is 1.80. The molecule has 3 fully saturated rings. The third kappa shape index (κ3) is 9.23. The smallest absolute Gasteiger partial charge is 0.410 e. The molecule has 0 aliphatic carbocycles. The van der Waals surface area contributed by atoms with Crippen molar-refractivity contribution in [2.75, 3.05) is 57.7 Å². The molecule has 2 aromatic carbocycles. The third-order valence-corrected chi connectivity index (χ3v) is 11.9. The third-order valence-electron chi connectivity index (χ3n) is 11.3. The number of phenols is 1. The fraction of sp³-hybridized carbons (Fsp3) is 0.579. The number of carbonyl (C=O) groups is 4. The number of amides is 4. The van der Waals surface area contributed by atoms with Gasteiger partial charge in [0.15, 0.2) is 6.10 Å². The van der Waals surface area contributed by atoms with Crippen LogP contribution in [-0.4, -0.2) is 127 Å². The predicted octanol–water partition coefficient (Wildman–Crippen LogP) is 3.67. The van der Waals surface area contributed by atoms with Gasteiger partial charge in [-0.3, -0.25) is 9.59 Å². The van der Waals surface area contributed by atoms with E-state index in [9.17, 15) is 24.3 Å². The van der Waals surface area contributed by atoms with Crippen LogP contribution in [0.4, 0.5) is 15.3 Å². The molecule has 14 heteroatoms. The first-order valence-electron chi connectivity index (χ1n) is 18.9. The summed E-state index contributed by atoms with van der Waals surface area (Å²) in [5.74, 6) is 0.169. The number of carbonyl (C=O) groups excluding carboxylic acids is 4. The number of hydrogen-bond donors (Lipinski definition) is 2. The number of anilines is 1. The molecule has 1 atom stereocenters. The SMILES string of the molecule is Bc1cc(C[C@@H](OC(=O)N2CCC(N3CCc4ccccc4NC3=O)CC2)C(=O)N2CCC(N3CCC(CC(=O)OCC)CC3)CC2)cc(Br)c1O. The molecule has 0 aromatic heterocycles. The fourth-order valence-electron chi connectivity index (χ4n) is 8.25. The van der Waals surface area contributed by atoms with Gasteiger partial charge in [0, 0.05) is 63.3 Å². The zero-order valence-electron chi connectivity index (χ0n) is 30.4. The highest BCUT2D eigenvalue weighted by Gasteiger charge is 2.37. The Balaban J connectivity index is 1.05. The average Bonchev–Trinajstić information content (AvgIpc) is 3.31. The zero-order chi connectivity index (χ0) is 36.8. The summed E-state index contributed by atoms with van der Waals surface area (Å²) in [5, 5.41) is 13.4. The average molecular weight is 781 g/mol. The van der Waals surface area contributed by atoms with Crippen LogP contribution < -0.4 is 10.8 Å². The first-order chi connectivity index (χ1) is 25.1. The molecule has 2 N–H and O–H groups in total. The molecule has 12 nitrogen and oxygen atoms in total. The van der Waals surface area contributed by atoms with Gasteiger partial charge in [0.2, 0.25) is 0 Å². The van der Waals surface area contributed by atoms with Gasteiger partial charge >= 0.3 is 18.1 Å². The van der Waals surface area contributed by atoms with E-state index in [4.69, 9.17) is 9.47 Å². The minimum atomic E-state index is -1.02. The lowest BCUT2D eigenvalue weighted by Gasteiger charge is -2.42. The van der Waals surface area contributed by atoms with Crippen LogP contribution in [-0.2, 0) is 31.9 Å². The number of para-hydroxylation sites is 1. The molecule has 4 aliphatic rings. The van der Waals surface area contributed by atoms with Crippen molar-refractivity contribution >= 4 is 58.9 Å². The van der Waals surface area contributed by atoms with Crippen LogP contribution >= 0.6 is 15.9 Å². The van der Waals surface area contributed by atoms with E-state index in [2.05, 4.69) is 26.1 Å². The predicted molar refractivity (Wildman–Crippen MR) is 204 cm³/mol. The number of fused-ring (bicyclic) bond motifs is 1. The molecular formula is C38H51BBrN5O7. The largest absolute Gasteiger partial charge is 0.507 e. The van der Waals surface area contributed by atoms with Crippen molar-refractivity contribution in [1.29, 1.82) is 0 Å². The lowest BCUT2D eigenvalue weighted by molar-refractivity contribution is -0.144. The van der Waals surface area contributed by atoms with Crippen LogP contribution in [0.5, 0.6) is 5.75 Å². The number of phenolic OH excluding ortho intramolecular Hbond substituents is 1. The normalized spacial score (nSPS) is 20.1. The van der Waals surface area contributed by atoms with Crippen molar-refractivity contribution in [2.24, 2.45) is 5.92 Å². The van der Waals surface area contributed by atoms with E-state index in [1.807, 2.05) is 47.1 Å². The van der Waals surface area contributed by atoms with Crippen molar-refractivity contribution in [1.82, 2.24) is 19.6 Å². The number of nitrogens with zero attached hydrogens (tertiary/aromatic N) is 4. The van der Waals surface area contributed by atoms with Gasteiger partial charge in [0.1, 0.15) is 13.6 Å². The highest BCUT2D eigenvalue weighted by molar-refractivity contribution is 9.10. The molecule has 0 radical (unpaired) electrons. The molecule has 0 unspecified atom stereocenters. The van der Waals surface area contributed by atoms with Crippen LogP contribution in [0.3, 0.4) is 0 Å².